The zero-order chi connectivity index (χ0) is 23.3. The molecule has 0 saturated carbocycles. The highest BCUT2D eigenvalue weighted by Gasteiger charge is 2.32. The second-order valence-corrected chi connectivity index (χ2v) is 6.95. The Morgan fingerprint density at radius 1 is 0.938 bits per heavy atom. The van der Waals surface area contributed by atoms with Crippen molar-refractivity contribution in [3.63, 3.8) is 0 Å². The molecule has 0 saturated heterocycles. The Labute approximate surface area is 185 Å². The van der Waals surface area contributed by atoms with Gasteiger partial charge in [-0.3, -0.25) is 0 Å². The standard InChI is InChI=1S/C23H24N2O7/c1-13-19(22(27)31-4)20(25-23(28)24-13)16-9-10-17(18(11-16)29-2)32-12-14-5-7-15(8-6-14)21(26)30-3/h5-11,20H,12H2,1-4H3,(H2,24,25,28)/t20-/m0/s1. The number of hydrogen-bond donors (Lipinski definition) is 2. The monoisotopic (exact) mass is 440 g/mol. The lowest BCUT2D eigenvalue weighted by Gasteiger charge is -2.28. The summed E-state index contributed by atoms with van der Waals surface area (Å²) in [5.41, 5.74) is 2.65. The summed E-state index contributed by atoms with van der Waals surface area (Å²) in [5, 5.41) is 5.31. The minimum Gasteiger partial charge on any atom is -0.493 e. The lowest BCUT2D eigenvalue weighted by molar-refractivity contribution is -0.136. The first-order valence-corrected chi connectivity index (χ1v) is 9.72. The minimum atomic E-state index is -0.704. The van der Waals surface area contributed by atoms with Crippen LogP contribution in [-0.4, -0.2) is 39.3 Å². The first-order valence-electron chi connectivity index (χ1n) is 9.72. The Kier molecular flexibility index (Phi) is 6.99. The summed E-state index contributed by atoms with van der Waals surface area (Å²) in [6.45, 7) is 1.88. The number of benzene rings is 2. The van der Waals surface area contributed by atoms with E-state index in [4.69, 9.17) is 18.9 Å². The van der Waals surface area contributed by atoms with Crippen molar-refractivity contribution in [1.82, 2.24) is 10.6 Å². The second-order valence-electron chi connectivity index (χ2n) is 6.95. The van der Waals surface area contributed by atoms with Gasteiger partial charge >= 0.3 is 18.0 Å². The largest absolute Gasteiger partial charge is 0.493 e. The van der Waals surface area contributed by atoms with Crippen molar-refractivity contribution in [2.24, 2.45) is 0 Å². The van der Waals surface area contributed by atoms with Crippen LogP contribution in [0.5, 0.6) is 11.5 Å². The number of nitrogens with one attached hydrogen (secondary N) is 2. The van der Waals surface area contributed by atoms with Crippen LogP contribution in [0.1, 0.15) is 34.5 Å². The summed E-state index contributed by atoms with van der Waals surface area (Å²) in [6.07, 6.45) is 0. The average Bonchev–Trinajstić information content (AvgIpc) is 2.81. The van der Waals surface area contributed by atoms with Crippen molar-refractivity contribution in [1.29, 1.82) is 0 Å². The van der Waals surface area contributed by atoms with E-state index in [1.165, 1.54) is 21.3 Å². The molecule has 2 aromatic carbocycles. The summed E-state index contributed by atoms with van der Waals surface area (Å²) in [5.74, 6) is -0.0396. The molecule has 9 nitrogen and oxygen atoms in total. The minimum absolute atomic E-state index is 0.244. The van der Waals surface area contributed by atoms with Crippen molar-refractivity contribution in [3.05, 3.63) is 70.4 Å². The van der Waals surface area contributed by atoms with Gasteiger partial charge in [0.2, 0.25) is 0 Å². The number of esters is 2. The molecule has 1 heterocycles. The first kappa shape index (κ1) is 22.7. The Hall–Kier alpha value is -4.01. The van der Waals surface area contributed by atoms with Crippen molar-refractivity contribution in [2.75, 3.05) is 21.3 Å². The van der Waals surface area contributed by atoms with Gasteiger partial charge < -0.3 is 29.6 Å². The lowest BCUT2D eigenvalue weighted by Crippen LogP contribution is -2.45. The van der Waals surface area contributed by atoms with Gasteiger partial charge in [-0.05, 0) is 42.3 Å². The molecule has 3 rings (SSSR count). The van der Waals surface area contributed by atoms with Crippen LogP contribution in [-0.2, 0) is 20.9 Å². The molecule has 0 aliphatic carbocycles. The van der Waals surface area contributed by atoms with E-state index in [0.717, 1.165) is 5.56 Å². The Bertz CT molecular complexity index is 1060. The van der Waals surface area contributed by atoms with Gasteiger partial charge in [0.15, 0.2) is 11.5 Å². The van der Waals surface area contributed by atoms with E-state index in [1.54, 1.807) is 49.4 Å². The molecule has 0 spiro atoms. The highest BCUT2D eigenvalue weighted by atomic mass is 16.5. The third kappa shape index (κ3) is 4.83. The normalized spacial score (nSPS) is 15.4. The molecule has 1 aliphatic heterocycles. The maximum Gasteiger partial charge on any atom is 0.337 e. The molecule has 168 valence electrons. The quantitative estimate of drug-likeness (QED) is 0.637. The zero-order valence-corrected chi connectivity index (χ0v) is 18.2. The average molecular weight is 440 g/mol. The third-order valence-corrected chi connectivity index (χ3v) is 4.96. The number of ether oxygens (including phenoxy) is 4. The van der Waals surface area contributed by atoms with E-state index >= 15 is 0 Å². The number of carbonyl (C=O) groups excluding carboxylic acids is 3. The molecule has 2 aromatic rings. The molecule has 0 unspecified atom stereocenters. The third-order valence-electron chi connectivity index (χ3n) is 4.96. The van der Waals surface area contributed by atoms with E-state index in [9.17, 15) is 14.4 Å². The number of amides is 2. The number of urea groups is 1. The zero-order valence-electron chi connectivity index (χ0n) is 18.2. The van der Waals surface area contributed by atoms with Gasteiger partial charge in [0.05, 0.1) is 38.5 Å². The molecule has 0 bridgehead atoms. The van der Waals surface area contributed by atoms with E-state index in [-0.39, 0.29) is 6.61 Å². The van der Waals surface area contributed by atoms with Gasteiger partial charge in [-0.2, -0.15) is 0 Å². The Balaban J connectivity index is 1.81. The predicted molar refractivity (Wildman–Crippen MR) is 114 cm³/mol. The predicted octanol–water partition coefficient (Wildman–Crippen LogP) is 2.86. The fraction of sp³-hybridized carbons (Fsp3) is 0.261. The highest BCUT2D eigenvalue weighted by Crippen LogP contribution is 2.35. The van der Waals surface area contributed by atoms with Crippen molar-refractivity contribution in [2.45, 2.75) is 19.6 Å². The van der Waals surface area contributed by atoms with Gasteiger partial charge in [-0.1, -0.05) is 18.2 Å². The van der Waals surface area contributed by atoms with Crippen LogP contribution in [0, 0.1) is 0 Å². The van der Waals surface area contributed by atoms with Crippen molar-refractivity contribution < 1.29 is 33.3 Å². The van der Waals surface area contributed by atoms with Crippen LogP contribution >= 0.6 is 0 Å². The maximum atomic E-state index is 12.3. The number of hydrogen-bond acceptors (Lipinski definition) is 7. The fourth-order valence-corrected chi connectivity index (χ4v) is 3.32. The van der Waals surface area contributed by atoms with E-state index in [1.807, 2.05) is 0 Å². The Morgan fingerprint density at radius 3 is 2.25 bits per heavy atom. The van der Waals surface area contributed by atoms with E-state index in [2.05, 4.69) is 10.6 Å². The van der Waals surface area contributed by atoms with Crippen LogP contribution in [0.25, 0.3) is 0 Å². The molecule has 32 heavy (non-hydrogen) atoms. The molecule has 9 heteroatoms. The summed E-state index contributed by atoms with van der Waals surface area (Å²) < 4.78 is 20.9. The van der Waals surface area contributed by atoms with E-state index in [0.29, 0.717) is 33.9 Å². The topological polar surface area (TPSA) is 112 Å². The van der Waals surface area contributed by atoms with Gasteiger partial charge in [0, 0.05) is 5.70 Å². The van der Waals surface area contributed by atoms with Crippen LogP contribution in [0.2, 0.25) is 0 Å². The van der Waals surface area contributed by atoms with Crippen LogP contribution in [0.4, 0.5) is 4.79 Å². The fourth-order valence-electron chi connectivity index (χ4n) is 3.32. The van der Waals surface area contributed by atoms with Gasteiger partial charge in [0.1, 0.15) is 6.61 Å². The molecule has 1 atom stereocenters. The molecule has 2 N–H and O–H groups in total. The summed E-state index contributed by atoms with van der Waals surface area (Å²) in [7, 11) is 4.11. The smallest absolute Gasteiger partial charge is 0.337 e. The summed E-state index contributed by atoms with van der Waals surface area (Å²) in [6, 6.07) is 10.9. The number of methoxy groups -OCH3 is 3. The highest BCUT2D eigenvalue weighted by molar-refractivity contribution is 5.95. The molecular formula is C23H24N2O7. The number of rotatable bonds is 7. The van der Waals surface area contributed by atoms with Gasteiger partial charge in [-0.25, -0.2) is 14.4 Å². The van der Waals surface area contributed by atoms with Crippen LogP contribution in [0.3, 0.4) is 0 Å². The SMILES string of the molecule is COC(=O)C1=C(C)NC(=O)N[C@H]1c1ccc(OCc2ccc(C(=O)OC)cc2)c(OC)c1. The van der Waals surface area contributed by atoms with Gasteiger partial charge in [0.25, 0.3) is 0 Å². The lowest BCUT2D eigenvalue weighted by atomic mass is 9.95. The summed E-state index contributed by atoms with van der Waals surface area (Å²) >= 11 is 0. The molecule has 0 fully saturated rings. The van der Waals surface area contributed by atoms with Crippen molar-refractivity contribution >= 4 is 18.0 Å². The molecule has 0 aromatic heterocycles. The molecule has 1 aliphatic rings. The van der Waals surface area contributed by atoms with Crippen molar-refractivity contribution in [3.8, 4) is 11.5 Å². The van der Waals surface area contributed by atoms with Crippen LogP contribution < -0.4 is 20.1 Å². The summed E-state index contributed by atoms with van der Waals surface area (Å²) in [4.78, 5) is 35.8. The number of allylic oxidation sites excluding steroid dienone is 1. The Morgan fingerprint density at radius 2 is 1.62 bits per heavy atom. The number of carbonyl (C=O) groups is 3. The van der Waals surface area contributed by atoms with Crippen LogP contribution in [0.15, 0.2) is 53.7 Å². The maximum absolute atomic E-state index is 12.3. The second kappa shape index (κ2) is 9.86. The van der Waals surface area contributed by atoms with E-state index < -0.39 is 24.0 Å². The first-order chi connectivity index (χ1) is 15.4. The molecule has 2 amide bonds. The van der Waals surface area contributed by atoms with Gasteiger partial charge in [-0.15, -0.1) is 0 Å². The molecular weight excluding hydrogens is 416 g/mol. The molecule has 0 radical (unpaired) electrons.